The fraction of sp³-hybridized carbons (Fsp3) is 0.444. The average Bonchev–Trinajstić information content (AvgIpc) is 2.61. The molecule has 0 saturated carbocycles. The topological polar surface area (TPSA) is 92.4 Å². The van der Waals surface area contributed by atoms with Crippen molar-refractivity contribution in [3.05, 3.63) is 35.2 Å². The molecule has 7 heteroatoms. The smallest absolute Gasteiger partial charge is 0.254 e. The Morgan fingerprint density at radius 1 is 1.04 bits per heavy atom. The summed E-state index contributed by atoms with van der Waals surface area (Å²) in [7, 11) is 0. The summed E-state index contributed by atoms with van der Waals surface area (Å²) in [5.74, 6) is -0.355. The van der Waals surface area contributed by atoms with E-state index in [0.29, 0.717) is 31.7 Å². The van der Waals surface area contributed by atoms with E-state index in [1.54, 1.807) is 24.0 Å². The highest BCUT2D eigenvalue weighted by atomic mass is 16.2. The van der Waals surface area contributed by atoms with Gasteiger partial charge in [-0.2, -0.15) is 0 Å². The molecule has 132 valence electrons. The Hall–Kier alpha value is -2.54. The predicted octanol–water partition coefficient (Wildman–Crippen LogP) is 0.878. The highest BCUT2D eigenvalue weighted by molar-refractivity contribution is 5.97. The lowest BCUT2D eigenvalue weighted by atomic mass is 10.1. The number of benzene rings is 1. The lowest BCUT2D eigenvalue weighted by molar-refractivity contribution is -0.123. The molecule has 1 aromatic heterocycles. The Balaban J connectivity index is 1.74. The molecule has 7 nitrogen and oxygen atoms in total. The first-order valence-electron chi connectivity index (χ1n) is 8.44. The van der Waals surface area contributed by atoms with E-state index in [1.807, 2.05) is 24.8 Å². The number of fused-ring (bicyclic) bond motifs is 1. The van der Waals surface area contributed by atoms with Crippen LogP contribution in [0.25, 0.3) is 11.0 Å². The molecule has 1 aromatic carbocycles. The molecule has 0 bridgehead atoms. The molecule has 1 aliphatic rings. The van der Waals surface area contributed by atoms with Crippen molar-refractivity contribution in [3.63, 3.8) is 0 Å². The van der Waals surface area contributed by atoms with Gasteiger partial charge in [0.05, 0.1) is 28.5 Å². The molecule has 1 fully saturated rings. The van der Waals surface area contributed by atoms with E-state index in [9.17, 15) is 9.59 Å². The second kappa shape index (κ2) is 6.76. The van der Waals surface area contributed by atoms with Crippen LogP contribution in [-0.4, -0.2) is 63.8 Å². The third-order valence-corrected chi connectivity index (χ3v) is 4.88. The number of rotatable bonds is 3. The number of aryl methyl sites for hydroxylation is 2. The average molecular weight is 341 g/mol. The van der Waals surface area contributed by atoms with E-state index >= 15 is 0 Å². The molecule has 1 saturated heterocycles. The maximum atomic E-state index is 12.8. The Labute approximate surface area is 146 Å². The second-order valence-corrected chi connectivity index (χ2v) is 6.50. The highest BCUT2D eigenvalue weighted by Gasteiger charge is 2.26. The zero-order chi connectivity index (χ0) is 18.1. The van der Waals surface area contributed by atoms with Crippen molar-refractivity contribution >= 4 is 22.8 Å². The fourth-order valence-corrected chi connectivity index (χ4v) is 3.04. The number of primary amides is 1. The Bertz CT molecular complexity index is 828. The number of amides is 2. The van der Waals surface area contributed by atoms with E-state index in [1.165, 1.54) is 0 Å². The van der Waals surface area contributed by atoms with Crippen LogP contribution in [0.4, 0.5) is 0 Å². The van der Waals surface area contributed by atoms with Gasteiger partial charge in [0.1, 0.15) is 0 Å². The highest BCUT2D eigenvalue weighted by Crippen LogP contribution is 2.17. The minimum absolute atomic E-state index is 0.0201. The molecular weight excluding hydrogens is 318 g/mol. The van der Waals surface area contributed by atoms with Crippen LogP contribution >= 0.6 is 0 Å². The van der Waals surface area contributed by atoms with Crippen molar-refractivity contribution in [1.82, 2.24) is 19.8 Å². The zero-order valence-corrected chi connectivity index (χ0v) is 14.8. The first-order valence-corrected chi connectivity index (χ1v) is 8.44. The molecule has 2 heterocycles. The quantitative estimate of drug-likeness (QED) is 0.894. The van der Waals surface area contributed by atoms with Gasteiger partial charge in [-0.1, -0.05) is 0 Å². The second-order valence-electron chi connectivity index (χ2n) is 6.50. The van der Waals surface area contributed by atoms with E-state index in [2.05, 4.69) is 9.97 Å². The maximum absolute atomic E-state index is 12.8. The van der Waals surface area contributed by atoms with Crippen molar-refractivity contribution in [2.45, 2.75) is 26.8 Å². The summed E-state index contributed by atoms with van der Waals surface area (Å²) in [5, 5.41) is 0. The third kappa shape index (κ3) is 3.46. The fourth-order valence-electron chi connectivity index (χ4n) is 3.04. The van der Waals surface area contributed by atoms with Crippen molar-refractivity contribution in [2.24, 2.45) is 5.73 Å². The lowest BCUT2D eigenvalue weighted by Gasteiger charge is -2.37. The molecule has 0 aliphatic carbocycles. The van der Waals surface area contributed by atoms with Gasteiger partial charge in [0.25, 0.3) is 5.91 Å². The Morgan fingerprint density at radius 2 is 1.64 bits per heavy atom. The van der Waals surface area contributed by atoms with Crippen LogP contribution in [0.3, 0.4) is 0 Å². The summed E-state index contributed by atoms with van der Waals surface area (Å²) >= 11 is 0. The van der Waals surface area contributed by atoms with Crippen molar-refractivity contribution < 1.29 is 9.59 Å². The van der Waals surface area contributed by atoms with Gasteiger partial charge in [0.15, 0.2) is 0 Å². The van der Waals surface area contributed by atoms with Gasteiger partial charge in [0.2, 0.25) is 5.91 Å². The molecule has 1 unspecified atom stereocenters. The van der Waals surface area contributed by atoms with E-state index in [-0.39, 0.29) is 17.9 Å². The van der Waals surface area contributed by atoms with Crippen LogP contribution in [0, 0.1) is 13.8 Å². The van der Waals surface area contributed by atoms with Gasteiger partial charge >= 0.3 is 0 Å². The standard InChI is InChI=1S/C18H23N5O2/c1-11-12(2)21-16-10-14(4-5-15(16)20-11)18(25)23-8-6-22(7-9-23)13(3)17(19)24/h4-5,10,13H,6-9H2,1-3H3,(H2,19,24). The number of hydrogen-bond acceptors (Lipinski definition) is 5. The number of carbonyl (C=O) groups excluding carboxylic acids is 2. The molecule has 2 aromatic rings. The number of hydrogen-bond donors (Lipinski definition) is 1. The molecule has 2 amide bonds. The molecule has 3 rings (SSSR count). The maximum Gasteiger partial charge on any atom is 0.254 e. The van der Waals surface area contributed by atoms with Gasteiger partial charge in [-0.3, -0.25) is 14.5 Å². The summed E-state index contributed by atoms with van der Waals surface area (Å²) in [6, 6.07) is 5.13. The molecule has 0 radical (unpaired) electrons. The van der Waals surface area contributed by atoms with Crippen LogP contribution in [0.5, 0.6) is 0 Å². The van der Waals surface area contributed by atoms with Gasteiger partial charge in [0, 0.05) is 31.7 Å². The van der Waals surface area contributed by atoms with Gasteiger partial charge in [-0.15, -0.1) is 0 Å². The number of nitrogens with zero attached hydrogens (tertiary/aromatic N) is 4. The lowest BCUT2D eigenvalue weighted by Crippen LogP contribution is -2.54. The van der Waals surface area contributed by atoms with Crippen LogP contribution in [-0.2, 0) is 4.79 Å². The first kappa shape index (κ1) is 17.3. The zero-order valence-electron chi connectivity index (χ0n) is 14.8. The van der Waals surface area contributed by atoms with Crippen molar-refractivity contribution in [1.29, 1.82) is 0 Å². The van der Waals surface area contributed by atoms with E-state index in [4.69, 9.17) is 5.73 Å². The predicted molar refractivity (Wildman–Crippen MR) is 95.1 cm³/mol. The monoisotopic (exact) mass is 341 g/mol. The summed E-state index contributed by atoms with van der Waals surface area (Å²) in [5.41, 5.74) is 9.25. The Kier molecular flexibility index (Phi) is 4.67. The largest absolute Gasteiger partial charge is 0.368 e. The summed E-state index contributed by atoms with van der Waals surface area (Å²) in [6.45, 7) is 8.07. The third-order valence-electron chi connectivity index (χ3n) is 4.88. The van der Waals surface area contributed by atoms with Crippen LogP contribution < -0.4 is 5.73 Å². The van der Waals surface area contributed by atoms with Gasteiger partial charge in [-0.05, 0) is 39.0 Å². The van der Waals surface area contributed by atoms with Gasteiger partial charge < -0.3 is 10.6 Å². The SMILES string of the molecule is Cc1nc2ccc(C(=O)N3CCN(C(C)C(N)=O)CC3)cc2nc1C. The number of aromatic nitrogens is 2. The number of piperazine rings is 1. The van der Waals surface area contributed by atoms with Crippen molar-refractivity contribution in [2.75, 3.05) is 26.2 Å². The molecule has 25 heavy (non-hydrogen) atoms. The van der Waals surface area contributed by atoms with E-state index < -0.39 is 0 Å². The van der Waals surface area contributed by atoms with E-state index in [0.717, 1.165) is 22.4 Å². The summed E-state index contributed by atoms with van der Waals surface area (Å²) in [6.07, 6.45) is 0. The van der Waals surface area contributed by atoms with Crippen LogP contribution in [0.1, 0.15) is 28.7 Å². The van der Waals surface area contributed by atoms with Gasteiger partial charge in [-0.25, -0.2) is 9.97 Å². The molecular formula is C18H23N5O2. The minimum atomic E-state index is -0.335. The normalized spacial score (nSPS) is 16.8. The Morgan fingerprint density at radius 3 is 2.24 bits per heavy atom. The minimum Gasteiger partial charge on any atom is -0.368 e. The van der Waals surface area contributed by atoms with Crippen molar-refractivity contribution in [3.8, 4) is 0 Å². The molecule has 0 spiro atoms. The molecule has 2 N–H and O–H groups in total. The van der Waals surface area contributed by atoms with Crippen LogP contribution in [0.2, 0.25) is 0 Å². The summed E-state index contributed by atoms with van der Waals surface area (Å²) < 4.78 is 0. The number of nitrogens with two attached hydrogens (primary N) is 1. The first-order chi connectivity index (χ1) is 11.9. The summed E-state index contributed by atoms with van der Waals surface area (Å²) in [4.78, 5) is 36.9. The number of carbonyl (C=O) groups is 2. The van der Waals surface area contributed by atoms with Crippen LogP contribution in [0.15, 0.2) is 18.2 Å². The molecule has 1 atom stereocenters. The molecule has 1 aliphatic heterocycles.